The van der Waals surface area contributed by atoms with Crippen LogP contribution in [0.1, 0.15) is 6.92 Å². The molecule has 0 saturated heterocycles. The first kappa shape index (κ1) is 12.2. The summed E-state index contributed by atoms with van der Waals surface area (Å²) in [5.74, 6) is 0.418. The van der Waals surface area contributed by atoms with Crippen LogP contribution in [0.4, 0.5) is 5.82 Å². The van der Waals surface area contributed by atoms with Crippen LogP contribution in [0.3, 0.4) is 0 Å². The molecule has 0 saturated carbocycles. The molecule has 0 fully saturated rings. The normalized spacial score (nSPS) is 10.7. The summed E-state index contributed by atoms with van der Waals surface area (Å²) in [6.07, 6.45) is 3.22. The molecule has 0 aliphatic carbocycles. The van der Waals surface area contributed by atoms with Crippen LogP contribution < -0.4 is 17.0 Å². The number of nitrogens with two attached hydrogens (primary N) is 1. The van der Waals surface area contributed by atoms with Gasteiger partial charge < -0.3 is 10.3 Å². The highest BCUT2D eigenvalue weighted by atomic mass is 16.2. The zero-order valence-electron chi connectivity index (χ0n) is 10.1. The Labute approximate surface area is 103 Å². The third kappa shape index (κ3) is 2.34. The van der Waals surface area contributed by atoms with Crippen molar-refractivity contribution < 1.29 is 0 Å². The Kier molecular flexibility index (Phi) is 3.31. The number of rotatable bonds is 4. The van der Waals surface area contributed by atoms with Gasteiger partial charge in [0, 0.05) is 25.0 Å². The molecule has 0 aromatic carbocycles. The molecule has 7 heteroatoms. The molecule has 0 radical (unpaired) electrons. The van der Waals surface area contributed by atoms with Crippen molar-refractivity contribution in [3.05, 3.63) is 45.4 Å². The lowest BCUT2D eigenvalue weighted by Crippen LogP contribution is -2.39. The second-order valence-electron chi connectivity index (χ2n) is 3.88. The van der Waals surface area contributed by atoms with Gasteiger partial charge in [-0.3, -0.25) is 14.0 Å². The summed E-state index contributed by atoms with van der Waals surface area (Å²) in [6, 6.07) is 3.06. The van der Waals surface area contributed by atoms with Crippen LogP contribution in [0.15, 0.2) is 34.1 Å². The largest absolute Gasteiger partial charge is 0.382 e. The van der Waals surface area contributed by atoms with Crippen LogP contribution in [0.2, 0.25) is 0 Å². The second-order valence-corrected chi connectivity index (χ2v) is 3.88. The summed E-state index contributed by atoms with van der Waals surface area (Å²) in [5.41, 5.74) is 4.88. The minimum Gasteiger partial charge on any atom is -0.382 e. The molecule has 7 nitrogen and oxygen atoms in total. The van der Waals surface area contributed by atoms with E-state index < -0.39 is 0 Å². The minimum atomic E-state index is -0.301. The van der Waals surface area contributed by atoms with E-state index in [9.17, 15) is 9.59 Å². The van der Waals surface area contributed by atoms with Crippen LogP contribution in [0.5, 0.6) is 0 Å². The Bertz CT molecular complexity index is 652. The fourth-order valence-corrected chi connectivity index (χ4v) is 1.71. The number of aromatic nitrogens is 4. The van der Waals surface area contributed by atoms with Gasteiger partial charge in [0.2, 0.25) is 0 Å². The van der Waals surface area contributed by atoms with Gasteiger partial charge in [-0.15, -0.1) is 0 Å². The Morgan fingerprint density at radius 3 is 2.61 bits per heavy atom. The first-order valence-electron chi connectivity index (χ1n) is 5.71. The van der Waals surface area contributed by atoms with E-state index in [0.717, 1.165) is 0 Å². The maximum atomic E-state index is 11.9. The molecule has 2 aromatic rings. The van der Waals surface area contributed by atoms with E-state index in [4.69, 9.17) is 5.73 Å². The average Bonchev–Trinajstić information content (AvgIpc) is 2.75. The molecule has 0 bridgehead atoms. The first-order valence-corrected chi connectivity index (χ1v) is 5.71. The first-order chi connectivity index (χ1) is 8.61. The molecule has 2 N–H and O–H groups in total. The van der Waals surface area contributed by atoms with Crippen molar-refractivity contribution in [1.29, 1.82) is 0 Å². The Morgan fingerprint density at radius 1 is 1.22 bits per heavy atom. The van der Waals surface area contributed by atoms with Gasteiger partial charge in [-0.2, -0.15) is 5.10 Å². The molecule has 2 heterocycles. The predicted molar refractivity (Wildman–Crippen MR) is 67.3 cm³/mol. The van der Waals surface area contributed by atoms with Crippen LogP contribution in [-0.4, -0.2) is 18.9 Å². The highest BCUT2D eigenvalue weighted by Crippen LogP contribution is 1.95. The second kappa shape index (κ2) is 4.91. The van der Waals surface area contributed by atoms with E-state index in [0.29, 0.717) is 18.9 Å². The Hall–Kier alpha value is -2.31. The molecule has 18 heavy (non-hydrogen) atoms. The van der Waals surface area contributed by atoms with Crippen LogP contribution in [0.25, 0.3) is 0 Å². The average molecular weight is 249 g/mol. The number of aryl methyl sites for hydroxylation is 2. The van der Waals surface area contributed by atoms with E-state index in [-0.39, 0.29) is 17.8 Å². The molecule has 0 unspecified atom stereocenters. The number of hydrogen-bond donors (Lipinski definition) is 1. The lowest BCUT2D eigenvalue weighted by Gasteiger charge is -2.08. The number of hydrogen-bond acceptors (Lipinski definition) is 4. The Morgan fingerprint density at radius 2 is 2.00 bits per heavy atom. The van der Waals surface area contributed by atoms with Crippen molar-refractivity contribution in [3.8, 4) is 0 Å². The van der Waals surface area contributed by atoms with Gasteiger partial charge >= 0.3 is 5.69 Å². The fraction of sp³-hybridized carbons (Fsp3) is 0.364. The van der Waals surface area contributed by atoms with Crippen molar-refractivity contribution in [1.82, 2.24) is 18.9 Å². The van der Waals surface area contributed by atoms with Crippen molar-refractivity contribution in [2.75, 3.05) is 5.73 Å². The molecule has 0 spiro atoms. The van der Waals surface area contributed by atoms with E-state index in [1.165, 1.54) is 21.4 Å². The highest BCUT2D eigenvalue weighted by molar-refractivity contribution is 5.23. The standard InChI is InChI=1S/C11H15N5O2/c1-2-14-5-4-10(17)16(11(14)18)8-7-15-6-3-9(12)13-15/h3-6H,2,7-8H2,1H3,(H2,12,13). The van der Waals surface area contributed by atoms with Crippen molar-refractivity contribution in [3.63, 3.8) is 0 Å². The molecule has 0 aliphatic rings. The quantitative estimate of drug-likeness (QED) is 0.792. The molecule has 96 valence electrons. The van der Waals surface area contributed by atoms with E-state index in [1.807, 2.05) is 6.92 Å². The summed E-state index contributed by atoms with van der Waals surface area (Å²) in [4.78, 5) is 23.5. The van der Waals surface area contributed by atoms with Gasteiger partial charge in [0.15, 0.2) is 0 Å². The molecular formula is C11H15N5O2. The van der Waals surface area contributed by atoms with Gasteiger partial charge in [-0.1, -0.05) is 0 Å². The topological polar surface area (TPSA) is 87.8 Å². The predicted octanol–water partition coefficient (Wildman–Crippen LogP) is -0.491. The van der Waals surface area contributed by atoms with Gasteiger partial charge in [0.05, 0.1) is 13.1 Å². The molecule has 0 atom stereocenters. The van der Waals surface area contributed by atoms with E-state index >= 15 is 0 Å². The van der Waals surface area contributed by atoms with E-state index in [2.05, 4.69) is 5.10 Å². The van der Waals surface area contributed by atoms with Crippen molar-refractivity contribution in [2.24, 2.45) is 0 Å². The van der Waals surface area contributed by atoms with Gasteiger partial charge in [0.1, 0.15) is 5.82 Å². The third-order valence-electron chi connectivity index (χ3n) is 2.69. The fourth-order valence-electron chi connectivity index (χ4n) is 1.71. The summed E-state index contributed by atoms with van der Waals surface area (Å²) in [7, 11) is 0. The molecule has 0 aliphatic heterocycles. The third-order valence-corrected chi connectivity index (χ3v) is 2.69. The van der Waals surface area contributed by atoms with Gasteiger partial charge in [0.25, 0.3) is 5.56 Å². The van der Waals surface area contributed by atoms with Crippen molar-refractivity contribution in [2.45, 2.75) is 26.6 Å². The van der Waals surface area contributed by atoms with Gasteiger partial charge in [-0.05, 0) is 13.0 Å². The molecule has 2 rings (SSSR count). The molecule has 2 aromatic heterocycles. The highest BCUT2D eigenvalue weighted by Gasteiger charge is 2.04. The number of nitrogens with zero attached hydrogens (tertiary/aromatic N) is 4. The molecule has 0 amide bonds. The van der Waals surface area contributed by atoms with E-state index in [1.54, 1.807) is 16.9 Å². The van der Waals surface area contributed by atoms with Gasteiger partial charge in [-0.25, -0.2) is 4.79 Å². The zero-order valence-corrected chi connectivity index (χ0v) is 10.1. The lowest BCUT2D eigenvalue weighted by molar-refractivity contribution is 0.489. The number of anilines is 1. The smallest absolute Gasteiger partial charge is 0.331 e. The number of nitrogen functional groups attached to an aromatic ring is 1. The Balaban J connectivity index is 2.24. The summed E-state index contributed by atoms with van der Waals surface area (Å²) >= 11 is 0. The summed E-state index contributed by atoms with van der Waals surface area (Å²) in [5, 5.41) is 4.00. The van der Waals surface area contributed by atoms with Crippen molar-refractivity contribution >= 4 is 5.82 Å². The SMILES string of the molecule is CCn1ccc(=O)n(CCn2ccc(N)n2)c1=O. The minimum absolute atomic E-state index is 0.277. The van der Waals surface area contributed by atoms with Crippen LogP contribution >= 0.6 is 0 Å². The lowest BCUT2D eigenvalue weighted by atomic mass is 10.5. The summed E-state index contributed by atoms with van der Waals surface area (Å²) < 4.78 is 4.28. The monoisotopic (exact) mass is 249 g/mol. The maximum Gasteiger partial charge on any atom is 0.331 e. The summed E-state index contributed by atoms with van der Waals surface area (Å²) in [6.45, 7) is 3.10. The van der Waals surface area contributed by atoms with Crippen LogP contribution in [-0.2, 0) is 19.6 Å². The maximum absolute atomic E-state index is 11.9. The van der Waals surface area contributed by atoms with Crippen LogP contribution in [0, 0.1) is 0 Å². The molecular weight excluding hydrogens is 234 g/mol. The zero-order chi connectivity index (χ0) is 13.1.